The molecular weight excluding hydrogens is 472 g/mol. The molecule has 1 aliphatic carbocycles. The first-order valence-electron chi connectivity index (χ1n) is 12.4. The van der Waals surface area contributed by atoms with Crippen LogP contribution in [0.15, 0.2) is 48.7 Å². The number of nitrogens with one attached hydrogen (secondary N) is 2. The third-order valence-electron chi connectivity index (χ3n) is 7.09. The highest BCUT2D eigenvalue weighted by Gasteiger charge is 2.23. The minimum Gasteiger partial charge on any atom is -0.396 e. The van der Waals surface area contributed by atoms with E-state index >= 15 is 0 Å². The van der Waals surface area contributed by atoms with Crippen molar-refractivity contribution in [2.75, 3.05) is 23.8 Å². The lowest BCUT2D eigenvalue weighted by molar-refractivity contribution is -0.384. The number of rotatable bonds is 10. The summed E-state index contributed by atoms with van der Waals surface area (Å²) >= 11 is 0. The predicted molar refractivity (Wildman–Crippen MR) is 142 cm³/mol. The van der Waals surface area contributed by atoms with Crippen molar-refractivity contribution in [1.29, 1.82) is 0 Å². The van der Waals surface area contributed by atoms with Crippen LogP contribution in [-0.4, -0.2) is 39.1 Å². The van der Waals surface area contributed by atoms with E-state index in [9.17, 15) is 20.0 Å². The predicted octanol–water partition coefficient (Wildman–Crippen LogP) is 4.28. The van der Waals surface area contributed by atoms with Crippen LogP contribution >= 0.6 is 0 Å². The first-order valence-corrected chi connectivity index (χ1v) is 12.4. The number of aliphatic hydroxyl groups excluding tert-OH is 1. The molecule has 10 nitrogen and oxygen atoms in total. The standard InChI is InChI=1S/C27H32N6O4/c1-17-22(6-3-7-23(17)20-4-2-5-21(12-20)25(28)35)14-30-27-31-15-24(33(36)37)26(32-27)29-13-18-8-10-19(16-34)11-9-18/h2-7,12,15,18-19,34H,8-11,13-14,16H2,1H3,(H2,28,35)(H2,29,30,31,32). The highest BCUT2D eigenvalue weighted by Crippen LogP contribution is 2.30. The molecule has 0 unspecified atom stereocenters. The minimum atomic E-state index is -0.484. The summed E-state index contributed by atoms with van der Waals surface area (Å²) in [5, 5.41) is 27.2. The lowest BCUT2D eigenvalue weighted by Gasteiger charge is -2.27. The number of nitro groups is 1. The first-order chi connectivity index (χ1) is 17.9. The van der Waals surface area contributed by atoms with Crippen LogP contribution in [-0.2, 0) is 6.54 Å². The number of nitrogens with zero attached hydrogens (tertiary/aromatic N) is 3. The highest BCUT2D eigenvalue weighted by molar-refractivity contribution is 5.94. The van der Waals surface area contributed by atoms with Gasteiger partial charge in [0.15, 0.2) is 0 Å². The largest absolute Gasteiger partial charge is 0.396 e. The number of hydrogen-bond acceptors (Lipinski definition) is 8. The van der Waals surface area contributed by atoms with Crippen LogP contribution in [0.1, 0.15) is 47.2 Å². The summed E-state index contributed by atoms with van der Waals surface area (Å²) in [6, 6.07) is 13.1. The van der Waals surface area contributed by atoms with Gasteiger partial charge in [0, 0.05) is 25.3 Å². The molecule has 1 fully saturated rings. The number of primary amides is 1. The molecule has 1 saturated carbocycles. The number of carbonyl (C=O) groups is 1. The lowest BCUT2D eigenvalue weighted by Crippen LogP contribution is -2.23. The first kappa shape index (κ1) is 26.0. The Morgan fingerprint density at radius 2 is 1.86 bits per heavy atom. The molecule has 3 aromatic rings. The molecule has 0 aliphatic heterocycles. The van der Waals surface area contributed by atoms with E-state index in [2.05, 4.69) is 20.6 Å². The number of anilines is 2. The topological polar surface area (TPSA) is 156 Å². The van der Waals surface area contributed by atoms with Crippen LogP contribution in [0.5, 0.6) is 0 Å². The summed E-state index contributed by atoms with van der Waals surface area (Å²) in [7, 11) is 0. The van der Waals surface area contributed by atoms with Gasteiger partial charge in [-0.05, 0) is 78.8 Å². The third-order valence-corrected chi connectivity index (χ3v) is 7.09. The molecule has 1 heterocycles. The van der Waals surface area contributed by atoms with Crippen molar-refractivity contribution in [3.05, 3.63) is 75.5 Å². The molecule has 0 atom stereocenters. The average Bonchev–Trinajstić information content (AvgIpc) is 2.91. The second-order valence-corrected chi connectivity index (χ2v) is 9.52. The van der Waals surface area contributed by atoms with Crippen LogP contribution in [0.4, 0.5) is 17.5 Å². The van der Waals surface area contributed by atoms with Gasteiger partial charge in [-0.3, -0.25) is 14.9 Å². The molecule has 1 aromatic heterocycles. The van der Waals surface area contributed by atoms with Crippen molar-refractivity contribution in [1.82, 2.24) is 9.97 Å². The number of aliphatic hydroxyl groups is 1. The second-order valence-electron chi connectivity index (χ2n) is 9.52. The Bertz CT molecular complexity index is 1270. The summed E-state index contributed by atoms with van der Waals surface area (Å²) in [4.78, 5) is 31.2. The van der Waals surface area contributed by atoms with Gasteiger partial charge in [-0.1, -0.05) is 30.3 Å². The Hall–Kier alpha value is -4.05. The molecule has 0 spiro atoms. The molecule has 1 aliphatic rings. The molecule has 5 N–H and O–H groups in total. The van der Waals surface area contributed by atoms with Crippen molar-refractivity contribution < 1.29 is 14.8 Å². The zero-order chi connectivity index (χ0) is 26.4. The zero-order valence-corrected chi connectivity index (χ0v) is 20.8. The number of benzene rings is 2. The van der Waals surface area contributed by atoms with E-state index in [1.54, 1.807) is 18.2 Å². The summed E-state index contributed by atoms with van der Waals surface area (Å²) in [5.74, 6) is 0.745. The van der Waals surface area contributed by atoms with Gasteiger partial charge in [0.2, 0.25) is 17.7 Å². The zero-order valence-electron chi connectivity index (χ0n) is 20.8. The van der Waals surface area contributed by atoms with E-state index in [1.165, 1.54) is 6.20 Å². The van der Waals surface area contributed by atoms with Crippen molar-refractivity contribution in [2.24, 2.45) is 17.6 Å². The number of hydrogen-bond donors (Lipinski definition) is 4. The lowest BCUT2D eigenvalue weighted by atomic mass is 9.82. The fourth-order valence-electron chi connectivity index (χ4n) is 4.79. The maximum atomic E-state index is 11.6. The molecule has 0 radical (unpaired) electrons. The number of nitrogens with two attached hydrogens (primary N) is 1. The van der Waals surface area contributed by atoms with Gasteiger partial charge in [-0.15, -0.1) is 0 Å². The van der Waals surface area contributed by atoms with Crippen LogP contribution in [0.3, 0.4) is 0 Å². The third kappa shape index (κ3) is 6.39. The Labute approximate surface area is 215 Å². The molecule has 10 heteroatoms. The highest BCUT2D eigenvalue weighted by atomic mass is 16.6. The summed E-state index contributed by atoms with van der Waals surface area (Å²) in [5.41, 5.74) is 9.61. The van der Waals surface area contributed by atoms with Gasteiger partial charge in [-0.25, -0.2) is 4.98 Å². The van der Waals surface area contributed by atoms with Crippen LogP contribution in [0, 0.1) is 28.9 Å². The van der Waals surface area contributed by atoms with Crippen LogP contribution < -0.4 is 16.4 Å². The van der Waals surface area contributed by atoms with Gasteiger partial charge in [0.25, 0.3) is 0 Å². The molecule has 0 saturated heterocycles. The average molecular weight is 505 g/mol. The SMILES string of the molecule is Cc1c(CNc2ncc([N+](=O)[O-])c(NCC3CCC(CO)CC3)n2)cccc1-c1cccc(C(N)=O)c1. The van der Waals surface area contributed by atoms with E-state index in [0.717, 1.165) is 47.9 Å². The Morgan fingerprint density at radius 1 is 1.14 bits per heavy atom. The van der Waals surface area contributed by atoms with Crippen LogP contribution in [0.2, 0.25) is 0 Å². The monoisotopic (exact) mass is 504 g/mol. The Kier molecular flexibility index (Phi) is 8.29. The Morgan fingerprint density at radius 3 is 2.57 bits per heavy atom. The number of amides is 1. The summed E-state index contributed by atoms with van der Waals surface area (Å²) in [6.45, 7) is 3.21. The fourth-order valence-corrected chi connectivity index (χ4v) is 4.79. The molecule has 37 heavy (non-hydrogen) atoms. The fraction of sp³-hybridized carbons (Fsp3) is 0.370. The normalized spacial score (nSPS) is 17.2. The van der Waals surface area contributed by atoms with Crippen molar-refractivity contribution in [2.45, 2.75) is 39.2 Å². The number of aromatic nitrogens is 2. The van der Waals surface area contributed by atoms with Gasteiger partial charge < -0.3 is 21.5 Å². The summed E-state index contributed by atoms with van der Waals surface area (Å²) in [6.07, 6.45) is 5.10. The second kappa shape index (κ2) is 11.8. The van der Waals surface area contributed by atoms with E-state index in [0.29, 0.717) is 30.5 Å². The molecule has 0 bridgehead atoms. The van der Waals surface area contributed by atoms with E-state index < -0.39 is 10.8 Å². The molecule has 1 amide bonds. The maximum Gasteiger partial charge on any atom is 0.329 e. The Balaban J connectivity index is 1.47. The van der Waals surface area contributed by atoms with Gasteiger partial charge >= 0.3 is 5.69 Å². The van der Waals surface area contributed by atoms with Gasteiger partial charge in [-0.2, -0.15) is 4.98 Å². The van der Waals surface area contributed by atoms with Gasteiger partial charge in [0.1, 0.15) is 6.20 Å². The summed E-state index contributed by atoms with van der Waals surface area (Å²) < 4.78 is 0. The molecule has 194 valence electrons. The van der Waals surface area contributed by atoms with Crippen LogP contribution in [0.25, 0.3) is 11.1 Å². The van der Waals surface area contributed by atoms with E-state index in [4.69, 9.17) is 5.73 Å². The minimum absolute atomic E-state index is 0.165. The van der Waals surface area contributed by atoms with Crippen molar-refractivity contribution in [3.8, 4) is 11.1 Å². The van der Waals surface area contributed by atoms with Crippen molar-refractivity contribution in [3.63, 3.8) is 0 Å². The molecule has 4 rings (SSSR count). The molecule has 2 aromatic carbocycles. The maximum absolute atomic E-state index is 11.6. The van der Waals surface area contributed by atoms with E-state index in [-0.39, 0.29) is 24.1 Å². The number of carbonyl (C=O) groups excluding carboxylic acids is 1. The smallest absolute Gasteiger partial charge is 0.329 e. The van der Waals surface area contributed by atoms with Crippen molar-refractivity contribution >= 4 is 23.4 Å². The van der Waals surface area contributed by atoms with Gasteiger partial charge in [0.05, 0.1) is 4.92 Å². The van der Waals surface area contributed by atoms with E-state index in [1.807, 2.05) is 31.2 Å². The quantitative estimate of drug-likeness (QED) is 0.235. The molecular formula is C27H32N6O4.